The fourth-order valence-electron chi connectivity index (χ4n) is 0.645. The van der Waals surface area contributed by atoms with Gasteiger partial charge < -0.3 is 5.21 Å². The second-order valence-corrected chi connectivity index (χ2v) is 2.92. The highest BCUT2D eigenvalue weighted by Crippen LogP contribution is 2.08. The molecule has 0 aliphatic carbocycles. The first-order valence-corrected chi connectivity index (χ1v) is 3.95. The van der Waals surface area contributed by atoms with Gasteiger partial charge in [-0.3, -0.25) is 0 Å². The Labute approximate surface area is 76.9 Å². The molecule has 0 aromatic heterocycles. The maximum atomic E-state index is 12.3. The zero-order chi connectivity index (χ0) is 8.27. The number of halogens is 2. The van der Waals surface area contributed by atoms with Gasteiger partial charge in [0.1, 0.15) is 9.54 Å². The molecule has 1 aromatic carbocycles. The molecule has 0 heterocycles. The predicted molar refractivity (Wildman–Crippen MR) is 48.7 cm³/mol. The summed E-state index contributed by atoms with van der Waals surface area (Å²) in [6.07, 6.45) is 0. The molecule has 1 aromatic rings. The Hall–Kier alpha value is -0.650. The van der Waals surface area contributed by atoms with Crippen LogP contribution in [0.15, 0.2) is 29.4 Å². The van der Waals surface area contributed by atoms with E-state index < -0.39 is 0 Å². The average Bonchev–Trinajstić information content (AvgIpc) is 2.05. The van der Waals surface area contributed by atoms with Crippen molar-refractivity contribution in [2.45, 2.75) is 0 Å². The summed E-state index contributed by atoms with van der Waals surface area (Å²) in [6, 6.07) is 5.74. The predicted octanol–water partition coefficient (Wildman–Crippen LogP) is 2.40. The lowest BCUT2D eigenvalue weighted by molar-refractivity contribution is 0.321. The minimum atomic E-state index is -0.295. The largest absolute Gasteiger partial charge is 0.410 e. The maximum absolute atomic E-state index is 12.3. The lowest BCUT2D eigenvalue weighted by Gasteiger charge is -1.94. The smallest absolute Gasteiger partial charge is 0.147 e. The standard InChI is InChI=1S/C7H5FINO/c8-6-3-1-5(2-4-6)7(9)10-11/h1-4,11H/b10-7-. The number of benzene rings is 1. The van der Waals surface area contributed by atoms with Crippen LogP contribution in [0.2, 0.25) is 0 Å². The van der Waals surface area contributed by atoms with E-state index in [1.807, 2.05) is 22.6 Å². The highest BCUT2D eigenvalue weighted by atomic mass is 127. The molecule has 58 valence electrons. The van der Waals surface area contributed by atoms with E-state index in [2.05, 4.69) is 5.16 Å². The summed E-state index contributed by atoms with van der Waals surface area (Å²) in [6.45, 7) is 0. The molecule has 0 fully saturated rings. The Morgan fingerprint density at radius 1 is 1.36 bits per heavy atom. The van der Waals surface area contributed by atoms with E-state index in [1.54, 1.807) is 12.1 Å². The van der Waals surface area contributed by atoms with Gasteiger partial charge in [0.25, 0.3) is 0 Å². The fourth-order valence-corrected chi connectivity index (χ4v) is 1.00. The number of hydrogen-bond donors (Lipinski definition) is 1. The molecule has 4 heteroatoms. The minimum absolute atomic E-state index is 0.295. The van der Waals surface area contributed by atoms with Crippen molar-refractivity contribution in [2.24, 2.45) is 5.16 Å². The van der Waals surface area contributed by atoms with Crippen LogP contribution in [0.5, 0.6) is 0 Å². The molecule has 0 spiro atoms. The van der Waals surface area contributed by atoms with E-state index in [1.165, 1.54) is 12.1 Å². The van der Waals surface area contributed by atoms with Crippen LogP contribution in [-0.2, 0) is 0 Å². The quantitative estimate of drug-likeness (QED) is 0.359. The Kier molecular flexibility index (Phi) is 2.81. The summed E-state index contributed by atoms with van der Waals surface area (Å²) in [7, 11) is 0. The molecular weight excluding hydrogens is 260 g/mol. The fraction of sp³-hybridized carbons (Fsp3) is 0. The van der Waals surface area contributed by atoms with Crippen molar-refractivity contribution in [2.75, 3.05) is 0 Å². The topological polar surface area (TPSA) is 32.6 Å². The third kappa shape index (κ3) is 2.14. The molecule has 0 amide bonds. The normalized spacial score (nSPS) is 11.6. The van der Waals surface area contributed by atoms with E-state index in [-0.39, 0.29) is 5.82 Å². The monoisotopic (exact) mass is 265 g/mol. The molecule has 11 heavy (non-hydrogen) atoms. The van der Waals surface area contributed by atoms with Gasteiger partial charge in [0.2, 0.25) is 0 Å². The summed E-state index contributed by atoms with van der Waals surface area (Å²) >= 11 is 1.86. The minimum Gasteiger partial charge on any atom is -0.410 e. The second kappa shape index (κ2) is 3.66. The van der Waals surface area contributed by atoms with Gasteiger partial charge in [-0.1, -0.05) is 5.16 Å². The molecule has 0 aliphatic rings. The van der Waals surface area contributed by atoms with Crippen molar-refractivity contribution in [3.8, 4) is 0 Å². The molecule has 0 saturated heterocycles. The maximum Gasteiger partial charge on any atom is 0.147 e. The summed E-state index contributed by atoms with van der Waals surface area (Å²) in [5.74, 6) is -0.295. The second-order valence-electron chi connectivity index (χ2n) is 1.90. The van der Waals surface area contributed by atoms with Crippen molar-refractivity contribution in [1.82, 2.24) is 0 Å². The highest BCUT2D eigenvalue weighted by molar-refractivity contribution is 14.1. The van der Waals surface area contributed by atoms with Gasteiger partial charge in [0, 0.05) is 5.56 Å². The van der Waals surface area contributed by atoms with E-state index in [4.69, 9.17) is 5.21 Å². The number of nitrogens with zero attached hydrogens (tertiary/aromatic N) is 1. The van der Waals surface area contributed by atoms with Crippen molar-refractivity contribution in [3.63, 3.8) is 0 Å². The van der Waals surface area contributed by atoms with Crippen molar-refractivity contribution in [3.05, 3.63) is 35.6 Å². The van der Waals surface area contributed by atoms with E-state index in [0.29, 0.717) is 9.28 Å². The molecule has 0 bridgehead atoms. The Bertz CT molecular complexity index is 270. The Morgan fingerprint density at radius 3 is 2.36 bits per heavy atom. The number of rotatable bonds is 1. The summed E-state index contributed by atoms with van der Waals surface area (Å²) in [5.41, 5.74) is 0.703. The summed E-state index contributed by atoms with van der Waals surface area (Å²) in [4.78, 5) is 0. The van der Waals surface area contributed by atoms with Crippen molar-refractivity contribution < 1.29 is 9.60 Å². The van der Waals surface area contributed by atoms with Gasteiger partial charge in [-0.05, 0) is 46.9 Å². The van der Waals surface area contributed by atoms with Crippen molar-refractivity contribution in [1.29, 1.82) is 0 Å². The van der Waals surface area contributed by atoms with Gasteiger partial charge in [-0.15, -0.1) is 0 Å². The SMILES string of the molecule is O/N=C(\I)c1ccc(F)cc1. The lowest BCUT2D eigenvalue weighted by Crippen LogP contribution is -1.89. The molecular formula is C7H5FINO. The molecule has 2 nitrogen and oxygen atoms in total. The van der Waals surface area contributed by atoms with Gasteiger partial charge in [-0.25, -0.2) is 4.39 Å². The molecule has 0 aliphatic heterocycles. The zero-order valence-corrected chi connectivity index (χ0v) is 7.62. The van der Waals surface area contributed by atoms with Gasteiger partial charge in [-0.2, -0.15) is 0 Å². The first kappa shape index (κ1) is 8.45. The summed E-state index contributed by atoms with van der Waals surface area (Å²) < 4.78 is 12.8. The first-order valence-electron chi connectivity index (χ1n) is 2.87. The van der Waals surface area contributed by atoms with Crippen molar-refractivity contribution >= 4 is 26.3 Å². The van der Waals surface area contributed by atoms with Crippen LogP contribution in [0.4, 0.5) is 4.39 Å². The molecule has 1 rings (SSSR count). The zero-order valence-electron chi connectivity index (χ0n) is 5.46. The van der Waals surface area contributed by atoms with Crippen LogP contribution in [0.25, 0.3) is 0 Å². The first-order chi connectivity index (χ1) is 5.24. The third-order valence-electron chi connectivity index (χ3n) is 1.17. The van der Waals surface area contributed by atoms with Crippen LogP contribution in [0.3, 0.4) is 0 Å². The van der Waals surface area contributed by atoms with Crippen LogP contribution < -0.4 is 0 Å². The van der Waals surface area contributed by atoms with E-state index in [0.717, 1.165) is 0 Å². The average molecular weight is 265 g/mol. The molecule has 0 saturated carbocycles. The van der Waals surface area contributed by atoms with Gasteiger partial charge in [0.05, 0.1) is 0 Å². The lowest BCUT2D eigenvalue weighted by atomic mass is 10.2. The third-order valence-corrected chi connectivity index (χ3v) is 2.01. The van der Waals surface area contributed by atoms with E-state index in [9.17, 15) is 4.39 Å². The van der Waals surface area contributed by atoms with E-state index >= 15 is 0 Å². The molecule has 0 atom stereocenters. The van der Waals surface area contributed by atoms with Crippen LogP contribution in [0.1, 0.15) is 5.56 Å². The molecule has 0 unspecified atom stereocenters. The van der Waals surface area contributed by atoms with Crippen LogP contribution >= 0.6 is 22.6 Å². The van der Waals surface area contributed by atoms with Crippen LogP contribution in [-0.4, -0.2) is 8.93 Å². The Morgan fingerprint density at radius 2 is 1.91 bits per heavy atom. The molecule has 1 N–H and O–H groups in total. The highest BCUT2D eigenvalue weighted by Gasteiger charge is 1.98. The summed E-state index contributed by atoms with van der Waals surface area (Å²) in [5, 5.41) is 11.3. The number of hydrogen-bond acceptors (Lipinski definition) is 2. The Balaban J connectivity index is 2.99. The van der Waals surface area contributed by atoms with Gasteiger partial charge in [0.15, 0.2) is 0 Å². The molecule has 0 radical (unpaired) electrons. The van der Waals surface area contributed by atoms with Crippen LogP contribution in [0, 0.1) is 5.82 Å². The number of oxime groups is 1. The van der Waals surface area contributed by atoms with Gasteiger partial charge >= 0.3 is 0 Å².